The normalized spacial score (nSPS) is 12.6. The summed E-state index contributed by atoms with van der Waals surface area (Å²) >= 11 is 0. The van der Waals surface area contributed by atoms with Crippen molar-refractivity contribution in [3.63, 3.8) is 0 Å². The van der Waals surface area contributed by atoms with E-state index in [-0.39, 0.29) is 0 Å². The van der Waals surface area contributed by atoms with Gasteiger partial charge in [0.2, 0.25) is 0 Å². The van der Waals surface area contributed by atoms with Gasteiger partial charge >= 0.3 is 6.01 Å². The Morgan fingerprint density at radius 1 is 1.04 bits per heavy atom. The highest BCUT2D eigenvalue weighted by atomic mass is 19.1. The smallest absolute Gasteiger partial charge is 0.318 e. The molecule has 7 nitrogen and oxygen atoms in total. The zero-order valence-electron chi connectivity index (χ0n) is 31.0. The van der Waals surface area contributed by atoms with Crippen LogP contribution in [-0.4, -0.2) is 63.8 Å². The molecule has 0 saturated carbocycles. The molecule has 264 valence electrons. The van der Waals surface area contributed by atoms with E-state index in [0.717, 1.165) is 53.9 Å². The van der Waals surface area contributed by atoms with Crippen molar-refractivity contribution in [2.24, 2.45) is 0 Å². The molecule has 0 saturated heterocycles. The highest BCUT2D eigenvalue weighted by Crippen LogP contribution is 2.21. The molecular formula is C40H58FN3O4. The average molecular weight is 664 g/mol. The molecule has 0 aliphatic rings. The molecule has 1 aromatic heterocycles. The molecule has 1 rings (SSSR count). The van der Waals surface area contributed by atoms with Gasteiger partial charge in [0.05, 0.1) is 27.4 Å². The summed E-state index contributed by atoms with van der Waals surface area (Å²) in [7, 11) is 5.16. The van der Waals surface area contributed by atoms with Gasteiger partial charge in [0, 0.05) is 31.5 Å². The van der Waals surface area contributed by atoms with Gasteiger partial charge in [-0.05, 0) is 108 Å². The van der Waals surface area contributed by atoms with Gasteiger partial charge in [-0.25, -0.2) is 9.37 Å². The lowest BCUT2D eigenvalue weighted by atomic mass is 10.1. The number of hydrogen-bond donors (Lipinski definition) is 0. The van der Waals surface area contributed by atoms with E-state index in [4.69, 9.17) is 28.9 Å². The standard InChI is InChI=1S/C40H58FN3O4/c1-12-14-20-36(34(7)41)21-17-19-31(4)37-24-23-33(6)42-40(43-39(32(5)29-37)44(9)26-28-47-13-2)48-27-16-15-18-30(3)22-25-38(46-11)35(8)45-10/h14,17,19-20,22-25,29,34H,8,12-13,15-16,18,26-28H2,1-7,9-11H3/b20-14?,24-23?,30-22+,31-19+,32-29?,33-23?,37-24?,37-29?,38-25+,39-32?,42-33?,42-40?,43-39?,43-40?. The molecule has 0 aliphatic heterocycles. The number of allylic oxidation sites excluding steroid dienone is 8. The quantitative estimate of drug-likeness (QED) is 0.0596. The van der Waals surface area contributed by atoms with Gasteiger partial charge in [0.15, 0.2) is 11.5 Å². The van der Waals surface area contributed by atoms with E-state index >= 15 is 0 Å². The molecule has 48 heavy (non-hydrogen) atoms. The van der Waals surface area contributed by atoms with E-state index in [1.165, 1.54) is 12.5 Å². The molecule has 1 atom stereocenters. The Labute approximate surface area is 289 Å². The zero-order chi connectivity index (χ0) is 35.9. The minimum atomic E-state index is -1.10. The summed E-state index contributed by atoms with van der Waals surface area (Å²) in [6.45, 7) is 19.8. The molecule has 1 unspecified atom stereocenters. The molecule has 1 aromatic rings. The molecule has 0 amide bonds. The van der Waals surface area contributed by atoms with Gasteiger partial charge in [-0.3, -0.25) is 0 Å². The van der Waals surface area contributed by atoms with E-state index in [2.05, 4.69) is 30.2 Å². The lowest BCUT2D eigenvalue weighted by molar-refractivity contribution is 0.154. The summed E-state index contributed by atoms with van der Waals surface area (Å²) in [5, 5.41) is 0. The van der Waals surface area contributed by atoms with Crippen LogP contribution in [-0.2, 0) is 14.2 Å². The van der Waals surface area contributed by atoms with Crippen LogP contribution in [0.15, 0.2) is 89.6 Å². The number of rotatable bonds is 20. The van der Waals surface area contributed by atoms with E-state index in [0.29, 0.717) is 49.5 Å². The number of methoxy groups -OCH3 is 2. The van der Waals surface area contributed by atoms with Crippen LogP contribution in [0.1, 0.15) is 77.1 Å². The van der Waals surface area contributed by atoms with E-state index < -0.39 is 6.17 Å². The Bertz CT molecular complexity index is 1420. The van der Waals surface area contributed by atoms with Gasteiger partial charge in [-0.2, -0.15) is 4.98 Å². The van der Waals surface area contributed by atoms with Crippen molar-refractivity contribution < 1.29 is 23.3 Å². The minimum absolute atomic E-state index is 0.318. The van der Waals surface area contributed by atoms with Crippen LogP contribution in [0.4, 0.5) is 10.2 Å². The highest BCUT2D eigenvalue weighted by molar-refractivity contribution is 5.66. The molecule has 0 bridgehead atoms. The van der Waals surface area contributed by atoms with Crippen molar-refractivity contribution >= 4 is 11.4 Å². The summed E-state index contributed by atoms with van der Waals surface area (Å²) in [6.07, 6.45) is 13.8. The van der Waals surface area contributed by atoms with Crippen LogP contribution in [0.3, 0.4) is 0 Å². The maximum Gasteiger partial charge on any atom is 0.318 e. The largest absolute Gasteiger partial charge is 0.494 e. The molecule has 0 N–H and O–H groups in total. The van der Waals surface area contributed by atoms with Crippen molar-refractivity contribution in [3.8, 4) is 6.01 Å². The third-order valence-corrected chi connectivity index (χ3v) is 7.30. The van der Waals surface area contributed by atoms with Crippen molar-refractivity contribution in [2.75, 3.05) is 52.5 Å². The number of aromatic nitrogens is 2. The van der Waals surface area contributed by atoms with Crippen LogP contribution in [0.5, 0.6) is 6.01 Å². The fourth-order valence-electron chi connectivity index (χ4n) is 4.34. The number of unbranched alkanes of at least 4 members (excludes halogenated alkanes) is 1. The number of likely N-dealkylation sites (N-methyl/N-ethyl adjacent to an activating group) is 1. The first-order valence-electron chi connectivity index (χ1n) is 16.7. The molecular weight excluding hydrogens is 605 g/mol. The first-order chi connectivity index (χ1) is 23.0. The molecule has 1 heterocycles. The van der Waals surface area contributed by atoms with Gasteiger partial charge in [-0.15, -0.1) is 5.73 Å². The summed E-state index contributed by atoms with van der Waals surface area (Å²) in [5.41, 5.74) is 8.51. The fraction of sp³-hybridized carbons (Fsp3) is 0.475. The molecule has 0 radical (unpaired) electrons. The first kappa shape index (κ1) is 41.9. The maximum atomic E-state index is 14.1. The number of halogens is 1. The number of ether oxygens (including phenoxy) is 4. The third kappa shape index (κ3) is 16.6. The minimum Gasteiger partial charge on any atom is -0.494 e. The SMILES string of the molecule is C=C(OC)/C(=C\C=C(/C)CCCCOc1nc(C)ccc(/C(C)=C/C=C=C(C=CCC)C(C)F)cc(C)c(N(C)CCOCC)n1)OC. The molecule has 0 aliphatic carbocycles. The monoisotopic (exact) mass is 663 g/mol. The van der Waals surface area contributed by atoms with Crippen LogP contribution >= 0.6 is 0 Å². The first-order valence-corrected chi connectivity index (χ1v) is 16.7. The van der Waals surface area contributed by atoms with Gasteiger partial charge < -0.3 is 23.8 Å². The van der Waals surface area contributed by atoms with E-state index in [1.807, 2.05) is 78.1 Å². The Morgan fingerprint density at radius 2 is 1.79 bits per heavy atom. The number of alkyl halides is 1. The Hall–Kier alpha value is -4.13. The third-order valence-electron chi connectivity index (χ3n) is 7.30. The Kier molecular flexibility index (Phi) is 21.0. The Morgan fingerprint density at radius 3 is 2.44 bits per heavy atom. The average Bonchev–Trinajstić information content (AvgIpc) is 3.06. The Balaban J connectivity index is 3.39. The predicted molar refractivity (Wildman–Crippen MR) is 198 cm³/mol. The van der Waals surface area contributed by atoms with Crippen LogP contribution in [0.2, 0.25) is 0 Å². The van der Waals surface area contributed by atoms with Crippen molar-refractivity contribution in [1.82, 2.24) is 9.97 Å². The fourth-order valence-corrected chi connectivity index (χ4v) is 4.34. The number of nitrogens with zero attached hydrogens (tertiary/aromatic N) is 3. The van der Waals surface area contributed by atoms with Crippen LogP contribution in [0, 0.1) is 13.8 Å². The van der Waals surface area contributed by atoms with Crippen LogP contribution < -0.4 is 9.64 Å². The predicted octanol–water partition coefficient (Wildman–Crippen LogP) is 9.69. The van der Waals surface area contributed by atoms with Crippen molar-refractivity contribution in [1.29, 1.82) is 0 Å². The number of anilines is 1. The highest BCUT2D eigenvalue weighted by Gasteiger charge is 2.09. The second-order valence-electron chi connectivity index (χ2n) is 11.4. The van der Waals surface area contributed by atoms with Gasteiger partial charge in [0.25, 0.3) is 0 Å². The lowest BCUT2D eigenvalue weighted by Crippen LogP contribution is -2.24. The summed E-state index contributed by atoms with van der Waals surface area (Å²) in [4.78, 5) is 11.7. The zero-order valence-corrected chi connectivity index (χ0v) is 31.0. The number of hydrogen-bond acceptors (Lipinski definition) is 7. The molecule has 0 spiro atoms. The van der Waals surface area contributed by atoms with Crippen molar-refractivity contribution in [3.05, 3.63) is 106 Å². The van der Waals surface area contributed by atoms with Gasteiger partial charge in [0.1, 0.15) is 12.0 Å². The molecule has 0 fully saturated rings. The second-order valence-corrected chi connectivity index (χ2v) is 11.4. The van der Waals surface area contributed by atoms with E-state index in [9.17, 15) is 4.39 Å². The molecule has 8 heteroatoms. The maximum absolute atomic E-state index is 14.1. The van der Waals surface area contributed by atoms with Crippen LogP contribution in [0.25, 0.3) is 5.57 Å². The van der Waals surface area contributed by atoms with Crippen molar-refractivity contribution in [2.45, 2.75) is 80.3 Å². The second kappa shape index (κ2) is 24.1. The summed E-state index contributed by atoms with van der Waals surface area (Å²) in [6, 6.07) is 6.40. The van der Waals surface area contributed by atoms with Gasteiger partial charge in [-0.1, -0.05) is 49.4 Å². The lowest BCUT2D eigenvalue weighted by Gasteiger charge is -2.19. The number of aryl methyl sites for hydroxylation is 2. The summed E-state index contributed by atoms with van der Waals surface area (Å²) in [5.74, 6) is 1.83. The van der Waals surface area contributed by atoms with E-state index in [1.54, 1.807) is 26.4 Å². The topological polar surface area (TPSA) is 65.9 Å². The molecule has 0 aromatic carbocycles. The summed E-state index contributed by atoms with van der Waals surface area (Å²) < 4.78 is 36.3.